The van der Waals surface area contributed by atoms with Gasteiger partial charge in [-0.15, -0.1) is 0 Å². The highest BCUT2D eigenvalue weighted by atomic mass is 35.5. The third-order valence-electron chi connectivity index (χ3n) is 3.15. The summed E-state index contributed by atoms with van der Waals surface area (Å²) in [6, 6.07) is 5.39. The third kappa shape index (κ3) is 2.13. The molecule has 96 valence electrons. The van der Waals surface area contributed by atoms with Crippen LogP contribution in [0.4, 0.5) is 5.69 Å². The summed E-state index contributed by atoms with van der Waals surface area (Å²) < 4.78 is 0. The number of halogens is 1. The number of hydrazone groups is 1. The highest BCUT2D eigenvalue weighted by Crippen LogP contribution is 2.31. The van der Waals surface area contributed by atoms with E-state index in [0.717, 1.165) is 11.3 Å². The lowest BCUT2D eigenvalue weighted by atomic mass is 10.0. The molecule has 0 spiro atoms. The van der Waals surface area contributed by atoms with Crippen LogP contribution in [0.15, 0.2) is 23.3 Å². The number of hydrogen-bond acceptors (Lipinski definition) is 3. The molecule has 1 aliphatic rings. The average Bonchev–Trinajstić information content (AvgIpc) is 2.61. The van der Waals surface area contributed by atoms with E-state index >= 15 is 0 Å². The third-order valence-corrected chi connectivity index (χ3v) is 3.56. The summed E-state index contributed by atoms with van der Waals surface area (Å²) in [4.78, 5) is 12.2. The number of carbonyl (C=O) groups excluding carboxylic acids is 1. The summed E-state index contributed by atoms with van der Waals surface area (Å²) in [5, 5.41) is 15.2. The molecule has 18 heavy (non-hydrogen) atoms. The van der Waals surface area contributed by atoms with Crippen molar-refractivity contribution in [3.05, 3.63) is 28.8 Å². The molecule has 1 amide bonds. The molecule has 0 saturated heterocycles. The zero-order valence-corrected chi connectivity index (χ0v) is 11.1. The summed E-state index contributed by atoms with van der Waals surface area (Å²) in [5.74, 6) is -0.430. The Morgan fingerprint density at radius 3 is 2.83 bits per heavy atom. The molecule has 1 atom stereocenters. The van der Waals surface area contributed by atoms with Gasteiger partial charge < -0.3 is 5.11 Å². The van der Waals surface area contributed by atoms with E-state index in [4.69, 9.17) is 16.7 Å². The first-order valence-electron chi connectivity index (χ1n) is 5.81. The van der Waals surface area contributed by atoms with Crippen LogP contribution in [-0.2, 0) is 4.79 Å². The summed E-state index contributed by atoms with van der Waals surface area (Å²) in [6.07, 6.45) is 0.407. The predicted molar refractivity (Wildman–Crippen MR) is 72.0 cm³/mol. The smallest absolute Gasteiger partial charge is 0.256 e. The number of hydrogen-bond donors (Lipinski definition) is 1. The number of nitrogens with zero attached hydrogens (tertiary/aromatic N) is 2. The van der Waals surface area contributed by atoms with Crippen LogP contribution in [0.2, 0.25) is 5.02 Å². The van der Waals surface area contributed by atoms with Gasteiger partial charge in [-0.3, -0.25) is 4.79 Å². The largest absolute Gasteiger partial charge is 0.396 e. The first kappa shape index (κ1) is 13.1. The van der Waals surface area contributed by atoms with Crippen molar-refractivity contribution in [3.63, 3.8) is 0 Å². The van der Waals surface area contributed by atoms with Gasteiger partial charge >= 0.3 is 0 Å². The van der Waals surface area contributed by atoms with E-state index in [1.54, 1.807) is 19.1 Å². The molecule has 1 heterocycles. The van der Waals surface area contributed by atoms with Crippen LogP contribution in [-0.4, -0.2) is 23.3 Å². The summed E-state index contributed by atoms with van der Waals surface area (Å²) >= 11 is 6.05. The second kappa shape index (κ2) is 5.08. The van der Waals surface area contributed by atoms with E-state index < -0.39 is 0 Å². The maximum absolute atomic E-state index is 12.2. The van der Waals surface area contributed by atoms with Gasteiger partial charge in [0.1, 0.15) is 0 Å². The van der Waals surface area contributed by atoms with Crippen LogP contribution in [0.5, 0.6) is 0 Å². The Bertz CT molecular complexity index is 514. The lowest BCUT2D eigenvalue weighted by Gasteiger charge is -2.16. The van der Waals surface area contributed by atoms with Crippen molar-refractivity contribution in [1.29, 1.82) is 0 Å². The van der Waals surface area contributed by atoms with Gasteiger partial charge in [-0.2, -0.15) is 10.1 Å². The summed E-state index contributed by atoms with van der Waals surface area (Å²) in [7, 11) is 0. The number of anilines is 1. The number of benzene rings is 1. The maximum atomic E-state index is 12.2. The van der Waals surface area contributed by atoms with Gasteiger partial charge in [0.05, 0.1) is 11.6 Å². The maximum Gasteiger partial charge on any atom is 0.256 e. The van der Waals surface area contributed by atoms with Crippen molar-refractivity contribution in [1.82, 2.24) is 0 Å². The van der Waals surface area contributed by atoms with Crippen LogP contribution in [0.1, 0.15) is 18.9 Å². The first-order valence-corrected chi connectivity index (χ1v) is 6.19. The van der Waals surface area contributed by atoms with Gasteiger partial charge in [-0.25, -0.2) is 0 Å². The van der Waals surface area contributed by atoms with Crippen LogP contribution in [0.3, 0.4) is 0 Å². The second-order valence-electron chi connectivity index (χ2n) is 4.34. The molecule has 0 bridgehead atoms. The molecule has 0 aliphatic carbocycles. The summed E-state index contributed by atoms with van der Waals surface area (Å²) in [6.45, 7) is 3.64. The van der Waals surface area contributed by atoms with Gasteiger partial charge in [0.25, 0.3) is 5.91 Å². The second-order valence-corrected chi connectivity index (χ2v) is 4.75. The minimum Gasteiger partial charge on any atom is -0.396 e. The van der Waals surface area contributed by atoms with Gasteiger partial charge in [0.2, 0.25) is 0 Å². The van der Waals surface area contributed by atoms with Crippen LogP contribution < -0.4 is 5.01 Å². The fraction of sp³-hybridized carbons (Fsp3) is 0.385. The fourth-order valence-corrected chi connectivity index (χ4v) is 2.23. The molecule has 0 fully saturated rings. The normalized spacial score (nSPS) is 19.3. The Morgan fingerprint density at radius 2 is 2.17 bits per heavy atom. The molecule has 0 radical (unpaired) electrons. The molecular weight excluding hydrogens is 252 g/mol. The van der Waals surface area contributed by atoms with Crippen LogP contribution >= 0.6 is 11.6 Å². The Morgan fingerprint density at radius 1 is 1.44 bits per heavy atom. The van der Waals surface area contributed by atoms with Gasteiger partial charge in [-0.1, -0.05) is 17.7 Å². The van der Waals surface area contributed by atoms with E-state index in [9.17, 15) is 4.79 Å². The monoisotopic (exact) mass is 266 g/mol. The van der Waals surface area contributed by atoms with E-state index in [0.29, 0.717) is 17.1 Å². The van der Waals surface area contributed by atoms with E-state index in [1.165, 1.54) is 5.01 Å². The molecule has 1 N–H and O–H groups in total. The lowest BCUT2D eigenvalue weighted by molar-refractivity contribution is -0.120. The Labute approximate surface area is 111 Å². The molecule has 1 aliphatic heterocycles. The molecular formula is C13H15ClN2O2. The zero-order valence-electron chi connectivity index (χ0n) is 10.4. The highest BCUT2D eigenvalue weighted by Gasteiger charge is 2.34. The van der Waals surface area contributed by atoms with Crippen molar-refractivity contribution >= 4 is 28.9 Å². The summed E-state index contributed by atoms with van der Waals surface area (Å²) in [5.41, 5.74) is 2.26. The molecule has 0 saturated carbocycles. The highest BCUT2D eigenvalue weighted by molar-refractivity contribution is 6.32. The van der Waals surface area contributed by atoms with Crippen molar-refractivity contribution < 1.29 is 9.90 Å². The van der Waals surface area contributed by atoms with Crippen LogP contribution in [0, 0.1) is 12.8 Å². The minimum absolute atomic E-state index is 0.0222. The van der Waals surface area contributed by atoms with Gasteiger partial charge in [-0.05, 0) is 38.0 Å². The first-order chi connectivity index (χ1) is 8.56. The number of aliphatic hydroxyl groups is 1. The molecule has 1 aromatic carbocycles. The molecule has 0 aromatic heterocycles. The molecule has 4 nitrogen and oxygen atoms in total. The number of amides is 1. The number of carbonyl (C=O) groups is 1. The molecule has 2 rings (SSSR count). The van der Waals surface area contributed by atoms with Gasteiger partial charge in [0.15, 0.2) is 0 Å². The quantitative estimate of drug-likeness (QED) is 0.913. The van der Waals surface area contributed by atoms with Gasteiger partial charge in [0, 0.05) is 17.3 Å². The van der Waals surface area contributed by atoms with Crippen molar-refractivity contribution in [2.75, 3.05) is 11.6 Å². The standard InChI is InChI=1S/C13H15ClN2O2/c1-8-11(14)4-3-5-12(8)16-13(18)10(6-7-17)9(2)15-16/h3-5,10,17H,6-7H2,1-2H3. The number of rotatable bonds is 3. The van der Waals surface area contributed by atoms with Crippen molar-refractivity contribution in [2.24, 2.45) is 11.0 Å². The lowest BCUT2D eigenvalue weighted by Crippen LogP contribution is -2.28. The molecule has 1 aromatic rings. The molecule has 1 unspecified atom stereocenters. The number of aliphatic hydroxyl groups excluding tert-OH is 1. The van der Waals surface area contributed by atoms with Crippen molar-refractivity contribution in [2.45, 2.75) is 20.3 Å². The Balaban J connectivity index is 2.36. The average molecular weight is 267 g/mol. The predicted octanol–water partition coefficient (Wildman–Crippen LogP) is 2.37. The molecule has 5 heteroatoms. The Hall–Kier alpha value is -1.39. The van der Waals surface area contributed by atoms with E-state index in [1.807, 2.05) is 13.0 Å². The van der Waals surface area contributed by atoms with Crippen molar-refractivity contribution in [3.8, 4) is 0 Å². The van der Waals surface area contributed by atoms with Crippen LogP contribution in [0.25, 0.3) is 0 Å². The topological polar surface area (TPSA) is 52.9 Å². The minimum atomic E-state index is -0.326. The van der Waals surface area contributed by atoms with E-state index in [-0.39, 0.29) is 18.4 Å². The fourth-order valence-electron chi connectivity index (χ4n) is 2.06. The van der Waals surface area contributed by atoms with E-state index in [2.05, 4.69) is 5.10 Å². The Kier molecular flexibility index (Phi) is 3.68. The SMILES string of the molecule is CC1=NN(c2cccc(Cl)c2C)C(=O)C1CCO. The zero-order chi connectivity index (χ0) is 13.3.